The summed E-state index contributed by atoms with van der Waals surface area (Å²) in [5, 5.41) is 2.04. The number of imide groups is 1. The summed E-state index contributed by atoms with van der Waals surface area (Å²) < 4.78 is 33.1. The van der Waals surface area contributed by atoms with Gasteiger partial charge >= 0.3 is 6.03 Å². The first-order chi connectivity index (χ1) is 10.8. The highest BCUT2D eigenvalue weighted by Crippen LogP contribution is 2.15. The fourth-order valence-electron chi connectivity index (χ4n) is 2.65. The van der Waals surface area contributed by atoms with Crippen molar-refractivity contribution in [2.75, 3.05) is 52.5 Å². The molecule has 23 heavy (non-hydrogen) atoms. The number of nitrogens with one attached hydrogen (secondary N) is 1. The van der Waals surface area contributed by atoms with Gasteiger partial charge in [-0.15, -0.1) is 0 Å². The molecule has 2 rings (SSSR count). The number of piperazine rings is 1. The fraction of sp³-hybridized carbons (Fsp3) is 0.833. The van der Waals surface area contributed by atoms with Crippen LogP contribution in [0.1, 0.15) is 6.92 Å². The van der Waals surface area contributed by atoms with Gasteiger partial charge in [0, 0.05) is 39.3 Å². The number of nitrogens with two attached hydrogens (primary N) is 1. The van der Waals surface area contributed by atoms with E-state index in [1.807, 2.05) is 10.2 Å². The third-order valence-electron chi connectivity index (χ3n) is 4.07. The molecular formula is C12H23N5O5S. The molecule has 132 valence electrons. The second kappa shape index (κ2) is 7.53. The highest BCUT2D eigenvalue weighted by Gasteiger charge is 2.35. The van der Waals surface area contributed by atoms with Gasteiger partial charge in [0.1, 0.15) is 0 Å². The standard InChI is InChI=1S/C12H23N5O5S/c1-10(11(18)14-12(13)19)15-2-4-16(5-3-15)23(20,21)17-6-8-22-9-7-17/h10H,2-9H2,1H3,(H3,13,14,18,19)/t10-/m0/s1. The van der Waals surface area contributed by atoms with E-state index >= 15 is 0 Å². The van der Waals surface area contributed by atoms with E-state index in [2.05, 4.69) is 0 Å². The number of carbonyl (C=O) groups excluding carboxylic acids is 2. The summed E-state index contributed by atoms with van der Waals surface area (Å²) in [7, 11) is -3.49. The van der Waals surface area contributed by atoms with Gasteiger partial charge in [0.25, 0.3) is 10.2 Å². The number of hydrogen-bond donors (Lipinski definition) is 2. The smallest absolute Gasteiger partial charge is 0.318 e. The summed E-state index contributed by atoms with van der Waals surface area (Å²) in [6.07, 6.45) is 0. The number of nitrogens with zero attached hydrogens (tertiary/aromatic N) is 3. The van der Waals surface area contributed by atoms with Gasteiger partial charge in [0.15, 0.2) is 0 Å². The van der Waals surface area contributed by atoms with Crippen LogP contribution in [-0.2, 0) is 19.7 Å². The van der Waals surface area contributed by atoms with Gasteiger partial charge < -0.3 is 10.5 Å². The maximum Gasteiger partial charge on any atom is 0.318 e. The maximum absolute atomic E-state index is 12.5. The third kappa shape index (κ3) is 4.38. The Morgan fingerprint density at radius 1 is 1.04 bits per heavy atom. The molecule has 0 spiro atoms. The van der Waals surface area contributed by atoms with Crippen molar-refractivity contribution < 1.29 is 22.7 Å². The first kappa shape index (κ1) is 18.1. The number of primary amides is 1. The van der Waals surface area contributed by atoms with Crippen LogP contribution in [0.5, 0.6) is 0 Å². The first-order valence-corrected chi connectivity index (χ1v) is 8.89. The van der Waals surface area contributed by atoms with Gasteiger partial charge in [-0.3, -0.25) is 15.0 Å². The third-order valence-corrected chi connectivity index (χ3v) is 6.10. The maximum atomic E-state index is 12.5. The largest absolute Gasteiger partial charge is 0.379 e. The number of urea groups is 1. The SMILES string of the molecule is C[C@@H](C(=O)NC(N)=O)N1CCN(S(=O)(=O)N2CCOCC2)CC1. The molecule has 3 N–H and O–H groups in total. The van der Waals surface area contributed by atoms with Crippen molar-refractivity contribution in [3.63, 3.8) is 0 Å². The average molecular weight is 349 g/mol. The monoisotopic (exact) mass is 349 g/mol. The Bertz CT molecular complexity index is 540. The van der Waals surface area contributed by atoms with Crippen molar-refractivity contribution in [3.05, 3.63) is 0 Å². The van der Waals surface area contributed by atoms with Crippen LogP contribution in [0.4, 0.5) is 4.79 Å². The molecule has 2 heterocycles. The second-order valence-electron chi connectivity index (χ2n) is 5.48. The van der Waals surface area contributed by atoms with Crippen molar-refractivity contribution >= 4 is 22.1 Å². The molecule has 1 atom stereocenters. The molecular weight excluding hydrogens is 326 g/mol. The van der Waals surface area contributed by atoms with Crippen LogP contribution in [0.25, 0.3) is 0 Å². The summed E-state index contributed by atoms with van der Waals surface area (Å²) >= 11 is 0. The van der Waals surface area contributed by atoms with Crippen molar-refractivity contribution in [2.24, 2.45) is 5.73 Å². The topological polar surface area (TPSA) is 125 Å². The van der Waals surface area contributed by atoms with Crippen LogP contribution in [0.3, 0.4) is 0 Å². The molecule has 0 unspecified atom stereocenters. The molecule has 2 aliphatic heterocycles. The van der Waals surface area contributed by atoms with Gasteiger partial charge in [0.2, 0.25) is 5.91 Å². The summed E-state index contributed by atoms with van der Waals surface area (Å²) in [5.74, 6) is -0.484. The number of amides is 3. The number of rotatable bonds is 4. The molecule has 11 heteroatoms. The molecule has 0 aromatic heterocycles. The molecule has 0 radical (unpaired) electrons. The highest BCUT2D eigenvalue weighted by atomic mass is 32.2. The predicted octanol–water partition coefficient (Wildman–Crippen LogP) is -2.24. The zero-order chi connectivity index (χ0) is 17.0. The average Bonchev–Trinajstić information content (AvgIpc) is 2.54. The lowest BCUT2D eigenvalue weighted by atomic mass is 10.2. The van der Waals surface area contributed by atoms with E-state index < -0.39 is 28.2 Å². The highest BCUT2D eigenvalue weighted by molar-refractivity contribution is 7.86. The molecule has 10 nitrogen and oxygen atoms in total. The Kier molecular flexibility index (Phi) is 5.92. The summed E-state index contributed by atoms with van der Waals surface area (Å²) in [6, 6.07) is -1.44. The van der Waals surface area contributed by atoms with Crippen molar-refractivity contribution in [3.8, 4) is 0 Å². The van der Waals surface area contributed by atoms with E-state index in [1.54, 1.807) is 6.92 Å². The zero-order valence-electron chi connectivity index (χ0n) is 13.1. The Hall–Kier alpha value is -1.27. The zero-order valence-corrected chi connectivity index (χ0v) is 13.9. The van der Waals surface area contributed by atoms with E-state index in [1.165, 1.54) is 8.61 Å². The normalized spacial score (nSPS) is 23.3. The van der Waals surface area contributed by atoms with E-state index in [9.17, 15) is 18.0 Å². The lowest BCUT2D eigenvalue weighted by Crippen LogP contribution is -2.58. The van der Waals surface area contributed by atoms with Crippen molar-refractivity contribution in [1.29, 1.82) is 0 Å². The quantitative estimate of drug-likeness (QED) is 0.591. The molecule has 0 bridgehead atoms. The van der Waals surface area contributed by atoms with Crippen LogP contribution in [0.15, 0.2) is 0 Å². The Morgan fingerprint density at radius 2 is 1.57 bits per heavy atom. The van der Waals surface area contributed by atoms with Crippen LogP contribution >= 0.6 is 0 Å². The second-order valence-corrected chi connectivity index (χ2v) is 7.41. The molecule has 0 aliphatic carbocycles. The van der Waals surface area contributed by atoms with Crippen molar-refractivity contribution in [1.82, 2.24) is 18.8 Å². The van der Waals surface area contributed by atoms with Gasteiger partial charge in [-0.25, -0.2) is 4.79 Å². The van der Waals surface area contributed by atoms with E-state index in [4.69, 9.17) is 10.5 Å². The van der Waals surface area contributed by atoms with Crippen molar-refractivity contribution in [2.45, 2.75) is 13.0 Å². The number of hydrogen-bond acceptors (Lipinski definition) is 6. The van der Waals surface area contributed by atoms with Gasteiger partial charge in [-0.2, -0.15) is 17.0 Å². The molecule has 3 amide bonds. The van der Waals surface area contributed by atoms with Gasteiger partial charge in [-0.1, -0.05) is 0 Å². The van der Waals surface area contributed by atoms with E-state index in [0.717, 1.165) is 0 Å². The summed E-state index contributed by atoms with van der Waals surface area (Å²) in [5.41, 5.74) is 4.93. The molecule has 2 fully saturated rings. The number of carbonyl (C=O) groups is 2. The first-order valence-electron chi connectivity index (χ1n) is 7.49. The van der Waals surface area contributed by atoms with Crippen LogP contribution < -0.4 is 11.1 Å². The number of morpholine rings is 1. The Morgan fingerprint density at radius 3 is 2.09 bits per heavy atom. The van der Waals surface area contributed by atoms with Gasteiger partial charge in [0.05, 0.1) is 19.3 Å². The Labute approximate surface area is 135 Å². The lowest BCUT2D eigenvalue weighted by molar-refractivity contribution is -0.125. The molecule has 0 saturated carbocycles. The summed E-state index contributed by atoms with van der Waals surface area (Å²) in [4.78, 5) is 24.3. The number of ether oxygens (including phenoxy) is 1. The summed E-state index contributed by atoms with van der Waals surface area (Å²) in [6.45, 7) is 4.62. The Balaban J connectivity index is 1.90. The van der Waals surface area contributed by atoms with Crippen LogP contribution in [0.2, 0.25) is 0 Å². The molecule has 2 saturated heterocycles. The molecule has 0 aromatic carbocycles. The lowest BCUT2D eigenvalue weighted by Gasteiger charge is -2.39. The van der Waals surface area contributed by atoms with E-state index in [0.29, 0.717) is 52.5 Å². The minimum atomic E-state index is -3.49. The molecule has 0 aromatic rings. The molecule has 2 aliphatic rings. The van der Waals surface area contributed by atoms with Gasteiger partial charge in [-0.05, 0) is 6.92 Å². The fourth-order valence-corrected chi connectivity index (χ4v) is 4.22. The minimum Gasteiger partial charge on any atom is -0.379 e. The van der Waals surface area contributed by atoms with E-state index in [-0.39, 0.29) is 0 Å². The minimum absolute atomic E-state index is 0.299. The predicted molar refractivity (Wildman–Crippen MR) is 81.6 cm³/mol. The van der Waals surface area contributed by atoms with Crippen LogP contribution in [0, 0.1) is 0 Å². The van der Waals surface area contributed by atoms with Crippen LogP contribution in [-0.4, -0.2) is 92.4 Å².